The van der Waals surface area contributed by atoms with Gasteiger partial charge < -0.3 is 101 Å². The van der Waals surface area contributed by atoms with E-state index >= 15 is 0 Å². The number of phenolic OH excluding ortho intramolecular Hbond substituents is 4. The van der Waals surface area contributed by atoms with Crippen LogP contribution in [0.3, 0.4) is 0 Å². The molecule has 13 rings (SSSR count). The van der Waals surface area contributed by atoms with Crippen molar-refractivity contribution in [2.45, 2.75) is 231 Å². The van der Waals surface area contributed by atoms with Crippen LogP contribution < -0.4 is 80.4 Å². The molecule has 8 amide bonds. The van der Waals surface area contributed by atoms with E-state index in [0.29, 0.717) is 122 Å². The second-order valence-corrected chi connectivity index (χ2v) is 32.5. The zero-order chi connectivity index (χ0) is 83.0. The molecule has 640 valence electrons. The van der Waals surface area contributed by atoms with Gasteiger partial charge in [0, 0.05) is 188 Å². The summed E-state index contributed by atoms with van der Waals surface area (Å²) in [5.74, 6) is 3.19. The predicted octanol–water partition coefficient (Wildman–Crippen LogP) is 23.3. The lowest BCUT2D eigenvalue weighted by Crippen LogP contribution is -2.20. The summed E-state index contributed by atoms with van der Waals surface area (Å²) >= 11 is 0. The molecular formula is C96H120N8O16. The van der Waals surface area contributed by atoms with Crippen molar-refractivity contribution in [1.82, 2.24) is 0 Å². The Hall–Kier alpha value is -11.6. The molecule has 120 heavy (non-hydrogen) atoms. The molecular weight excluding hydrogens is 1520 g/mol. The van der Waals surface area contributed by atoms with Crippen molar-refractivity contribution in [2.24, 2.45) is 0 Å². The maximum absolute atomic E-state index is 14.8. The molecule has 0 radical (unpaired) electrons. The molecule has 4 heterocycles. The molecule has 0 saturated carbocycles. The highest BCUT2D eigenvalue weighted by Crippen LogP contribution is 2.43. The standard InChI is InChI=1S/C96H120N8O16/c105-89-65-41-67-47-74-48-68(90(67)106)43-70-50-76-52-72(92(70)108)44-71-51-75-49-69(91(71)107)42-66(89)46-73(45-65)97-93(109)101-77-53-81-61-83(55-77)115-35-27-19-11-3-4-13-21-29-37-117-85-57-79(103-95(111)99-75)58-87(63-85)119-39-31-23-15-7-8-16-24-32-40-120-88-60-80(104-96(112)100-76)59-86(64-88)118-38-30-22-14-6-5-12-20-28-36-116-84-56-78(102-94(110)98-74)54-82(62-84)114-34-26-18-10-2-1-9-17-25-33-113-81/h45-64,105-108H,1-44H2,(H2,97,101,109)(H2,98,102,110)(H2,99,103,111)(H2,100,104,112). The van der Waals surface area contributed by atoms with E-state index in [4.69, 9.17) is 37.9 Å². The van der Waals surface area contributed by atoms with E-state index in [1.165, 1.54) is 0 Å². The van der Waals surface area contributed by atoms with E-state index in [1.54, 1.807) is 97.1 Å². The molecule has 1 aliphatic carbocycles. The molecule has 24 bridgehead atoms. The molecule has 0 atom stereocenters. The number of hydrogen-bond donors (Lipinski definition) is 12. The van der Waals surface area contributed by atoms with Gasteiger partial charge in [-0.2, -0.15) is 0 Å². The van der Waals surface area contributed by atoms with Gasteiger partial charge in [-0.3, -0.25) is 0 Å². The van der Waals surface area contributed by atoms with E-state index < -0.39 is 24.1 Å². The Balaban J connectivity index is 0.940. The smallest absolute Gasteiger partial charge is 0.323 e. The van der Waals surface area contributed by atoms with E-state index in [1.807, 2.05) is 24.3 Å². The van der Waals surface area contributed by atoms with Crippen LogP contribution in [-0.2, 0) is 25.7 Å². The number of rotatable bonds is 0. The number of phenols is 4. The molecule has 0 fully saturated rings. The van der Waals surface area contributed by atoms with E-state index in [2.05, 4.69) is 42.5 Å². The van der Waals surface area contributed by atoms with Gasteiger partial charge >= 0.3 is 24.1 Å². The SMILES string of the molecule is O=C1Nc2cc3cc(c2)OCCCCCCCCCCOc2cc4cc(c2)OCCCCCCCCCCOc2cc5cc(c2)OCCCCCCCCCCOc2cc(cc(c2)OCCCCCCCCCCO3)NC(=O)Nc2cc3c(O)c(c2)Cc2cc(cc(c2O)Cc2cc(cc(c2O)Cc2cc(cc(c2O)C3)N1)NC(=O)N4)NC(=O)N5. The summed E-state index contributed by atoms with van der Waals surface area (Å²) in [6.07, 6.45) is 30.6. The lowest BCUT2D eigenvalue weighted by atomic mass is 9.90. The average Bonchev–Trinajstić information content (AvgIpc) is 0.778. The fourth-order valence-electron chi connectivity index (χ4n) is 16.2. The minimum Gasteiger partial charge on any atom is -0.507 e. The number of benzene rings is 8. The van der Waals surface area contributed by atoms with E-state index in [9.17, 15) is 39.6 Å². The Kier molecular flexibility index (Phi) is 32.4. The van der Waals surface area contributed by atoms with Gasteiger partial charge in [-0.25, -0.2) is 19.2 Å². The maximum atomic E-state index is 14.8. The first-order chi connectivity index (χ1) is 58.7. The first-order valence-electron chi connectivity index (χ1n) is 44.0. The van der Waals surface area contributed by atoms with Gasteiger partial charge in [0.2, 0.25) is 0 Å². The summed E-state index contributed by atoms with van der Waals surface area (Å²) in [5.41, 5.74) is 4.07. The number of carbonyl (C=O) groups is 4. The Morgan fingerprint density at radius 3 is 0.417 bits per heavy atom. The number of anilines is 8. The molecule has 0 saturated heterocycles. The summed E-state index contributed by atoms with van der Waals surface area (Å²) in [4.78, 5) is 59.0. The van der Waals surface area contributed by atoms with E-state index in [0.717, 1.165) is 205 Å². The van der Waals surface area contributed by atoms with E-state index in [-0.39, 0.29) is 116 Å². The quantitative estimate of drug-likeness (QED) is 0.0628. The van der Waals surface area contributed by atoms with Gasteiger partial charge in [-0.15, -0.1) is 0 Å². The molecule has 24 nitrogen and oxygen atoms in total. The largest absolute Gasteiger partial charge is 0.507 e. The zero-order valence-electron chi connectivity index (χ0n) is 69.3. The number of nitrogens with one attached hydrogen (secondary N) is 8. The fraction of sp³-hybridized carbons (Fsp3) is 0.458. The second-order valence-electron chi connectivity index (χ2n) is 32.5. The second kappa shape index (κ2) is 45.0. The Morgan fingerprint density at radius 2 is 0.283 bits per heavy atom. The van der Waals surface area contributed by atoms with Crippen LogP contribution in [0.1, 0.15) is 250 Å². The monoisotopic (exact) mass is 1640 g/mol. The summed E-state index contributed by atoms with van der Waals surface area (Å²) in [7, 11) is 0. The summed E-state index contributed by atoms with van der Waals surface area (Å²) in [6, 6.07) is 31.6. The molecule has 0 aromatic heterocycles. The van der Waals surface area contributed by atoms with Crippen LogP contribution in [0.25, 0.3) is 0 Å². The predicted molar refractivity (Wildman–Crippen MR) is 472 cm³/mol. The third-order valence-corrected chi connectivity index (χ3v) is 22.5. The van der Waals surface area contributed by atoms with Crippen LogP contribution in [0.4, 0.5) is 64.7 Å². The van der Waals surface area contributed by atoms with Crippen LogP contribution in [0.15, 0.2) is 121 Å². The van der Waals surface area contributed by atoms with Gasteiger partial charge in [0.25, 0.3) is 0 Å². The fourth-order valence-corrected chi connectivity index (χ4v) is 16.2. The van der Waals surface area contributed by atoms with Crippen molar-refractivity contribution < 1.29 is 77.5 Å². The van der Waals surface area contributed by atoms with Crippen molar-refractivity contribution in [3.63, 3.8) is 0 Å². The zero-order valence-corrected chi connectivity index (χ0v) is 69.3. The summed E-state index contributed by atoms with van der Waals surface area (Å²) in [6.45, 7) is 3.65. The van der Waals surface area contributed by atoms with Crippen LogP contribution in [-0.4, -0.2) is 97.4 Å². The number of amides is 8. The molecule has 24 heteroatoms. The number of hydrogen-bond acceptors (Lipinski definition) is 16. The molecule has 12 N–H and O–H groups in total. The van der Waals surface area contributed by atoms with Crippen molar-refractivity contribution in [1.29, 1.82) is 0 Å². The lowest BCUT2D eigenvalue weighted by Gasteiger charge is -2.21. The first-order valence-corrected chi connectivity index (χ1v) is 44.0. The van der Waals surface area contributed by atoms with Crippen molar-refractivity contribution in [3.8, 4) is 69.0 Å². The molecule has 8 aromatic carbocycles. The highest BCUT2D eigenvalue weighted by atomic mass is 16.5. The number of fused-ring (bicyclic) bond motifs is 16. The van der Waals surface area contributed by atoms with Gasteiger partial charge in [0.05, 0.1) is 52.9 Å². The Labute approximate surface area is 704 Å². The normalized spacial score (nSPS) is 17.8. The molecule has 0 unspecified atom stereocenters. The van der Waals surface area contributed by atoms with Crippen molar-refractivity contribution in [3.05, 3.63) is 166 Å². The van der Waals surface area contributed by atoms with Crippen molar-refractivity contribution >= 4 is 69.6 Å². The number of ether oxygens (including phenoxy) is 8. The van der Waals surface area contributed by atoms with Crippen LogP contribution in [0.5, 0.6) is 69.0 Å². The first kappa shape index (κ1) is 86.3. The summed E-state index contributed by atoms with van der Waals surface area (Å²) < 4.78 is 51.4. The van der Waals surface area contributed by atoms with Gasteiger partial charge in [-0.1, -0.05) is 154 Å². The maximum Gasteiger partial charge on any atom is 0.323 e. The van der Waals surface area contributed by atoms with Crippen molar-refractivity contribution in [2.75, 3.05) is 95.4 Å². The van der Waals surface area contributed by atoms with Gasteiger partial charge in [-0.05, 0) is 99.9 Å². The highest BCUT2D eigenvalue weighted by molar-refractivity contribution is 6.03. The number of urea groups is 4. The molecule has 4 aliphatic heterocycles. The topological polar surface area (TPSA) is 319 Å². The van der Waals surface area contributed by atoms with Crippen LogP contribution in [0, 0.1) is 0 Å². The minimum atomic E-state index is -0.650. The average molecular weight is 1640 g/mol. The lowest BCUT2D eigenvalue weighted by molar-refractivity contribution is 0.261. The molecule has 8 aromatic rings. The van der Waals surface area contributed by atoms with Gasteiger partial charge in [0.15, 0.2) is 0 Å². The molecule has 5 aliphatic rings. The number of aromatic hydroxyl groups is 4. The van der Waals surface area contributed by atoms with Crippen LogP contribution >= 0.6 is 0 Å². The highest BCUT2D eigenvalue weighted by Gasteiger charge is 2.26. The van der Waals surface area contributed by atoms with Gasteiger partial charge in [0.1, 0.15) is 69.0 Å². The third-order valence-electron chi connectivity index (χ3n) is 22.5. The molecule has 0 spiro atoms. The Morgan fingerprint density at radius 1 is 0.167 bits per heavy atom. The number of carbonyl (C=O) groups excluding carboxylic acids is 4. The summed E-state index contributed by atoms with van der Waals surface area (Å²) in [5, 5.41) is 75.8. The minimum absolute atomic E-state index is 0.203. The Bertz CT molecular complexity index is 3950. The third kappa shape index (κ3) is 27.2. The van der Waals surface area contributed by atoms with Crippen LogP contribution in [0.2, 0.25) is 0 Å².